The lowest BCUT2D eigenvalue weighted by Crippen LogP contribution is -2.38. The largest absolute Gasteiger partial charge is 0.356 e. The normalized spacial score (nSPS) is 11.1. The Morgan fingerprint density at radius 2 is 1.85 bits per heavy atom. The van der Waals surface area contributed by atoms with Crippen molar-refractivity contribution in [3.8, 4) is 0 Å². The lowest BCUT2D eigenvalue weighted by molar-refractivity contribution is -0.133. The van der Waals surface area contributed by atoms with Gasteiger partial charge in [-0.2, -0.15) is 0 Å². The Hall–Kier alpha value is -0.860. The molecule has 0 saturated carbocycles. The Kier molecular flexibility index (Phi) is 4.67. The van der Waals surface area contributed by atoms with Crippen LogP contribution in [0.3, 0.4) is 0 Å². The van der Waals surface area contributed by atoms with E-state index in [1.807, 2.05) is 6.92 Å². The van der Waals surface area contributed by atoms with Crippen LogP contribution < -0.4 is 5.32 Å². The van der Waals surface area contributed by atoms with Crippen LogP contribution in [0.25, 0.3) is 0 Å². The molecule has 0 atom stereocenters. The van der Waals surface area contributed by atoms with Gasteiger partial charge in [-0.15, -0.1) is 0 Å². The molecule has 13 heavy (non-hydrogen) atoms. The third-order valence-electron chi connectivity index (χ3n) is 1.84. The monoisotopic (exact) mass is 185 g/mol. The van der Waals surface area contributed by atoms with Crippen molar-refractivity contribution in [2.75, 3.05) is 6.54 Å². The summed E-state index contributed by atoms with van der Waals surface area (Å²) < 4.78 is 0. The summed E-state index contributed by atoms with van der Waals surface area (Å²) in [5.41, 5.74) is -0.568. The molecule has 1 amide bonds. The Morgan fingerprint density at radius 1 is 1.31 bits per heavy atom. The first kappa shape index (κ1) is 12.1. The molecule has 0 aromatic rings. The third kappa shape index (κ3) is 4.65. The Bertz CT molecular complexity index is 197. The fourth-order valence-corrected chi connectivity index (χ4v) is 1.18. The van der Waals surface area contributed by atoms with Gasteiger partial charge in [0.15, 0.2) is 0 Å². The molecule has 0 saturated heterocycles. The first-order valence-electron chi connectivity index (χ1n) is 4.68. The van der Waals surface area contributed by atoms with Gasteiger partial charge in [-0.3, -0.25) is 9.59 Å². The van der Waals surface area contributed by atoms with Crippen molar-refractivity contribution in [1.29, 1.82) is 0 Å². The molecule has 0 aromatic heterocycles. The SMILES string of the molecule is CCCNC(=O)C(C)(C)CC(C)=O. The van der Waals surface area contributed by atoms with Gasteiger partial charge in [-0.05, 0) is 13.3 Å². The molecule has 1 N–H and O–H groups in total. The molecule has 0 heterocycles. The summed E-state index contributed by atoms with van der Waals surface area (Å²) in [5, 5.41) is 2.79. The van der Waals surface area contributed by atoms with Crippen LogP contribution in [-0.2, 0) is 9.59 Å². The molecule has 0 spiro atoms. The zero-order valence-corrected chi connectivity index (χ0v) is 8.94. The van der Waals surface area contributed by atoms with Crippen LogP contribution in [-0.4, -0.2) is 18.2 Å². The van der Waals surface area contributed by atoms with E-state index in [9.17, 15) is 9.59 Å². The molecule has 0 aliphatic heterocycles. The quantitative estimate of drug-likeness (QED) is 0.705. The van der Waals surface area contributed by atoms with Crippen LogP contribution in [0.5, 0.6) is 0 Å². The van der Waals surface area contributed by atoms with E-state index in [-0.39, 0.29) is 11.7 Å². The molecule has 76 valence electrons. The van der Waals surface area contributed by atoms with Gasteiger partial charge in [-0.25, -0.2) is 0 Å². The summed E-state index contributed by atoms with van der Waals surface area (Å²) in [6, 6.07) is 0. The molecule has 3 heteroatoms. The van der Waals surface area contributed by atoms with Crippen LogP contribution in [0.1, 0.15) is 40.5 Å². The van der Waals surface area contributed by atoms with Crippen molar-refractivity contribution in [3.63, 3.8) is 0 Å². The number of nitrogens with one attached hydrogen (secondary N) is 1. The summed E-state index contributed by atoms with van der Waals surface area (Å²) in [7, 11) is 0. The van der Waals surface area contributed by atoms with Crippen molar-refractivity contribution in [2.24, 2.45) is 5.41 Å². The summed E-state index contributed by atoms with van der Waals surface area (Å²) in [6.45, 7) is 7.77. The Morgan fingerprint density at radius 3 is 2.23 bits per heavy atom. The van der Waals surface area contributed by atoms with Crippen LogP contribution >= 0.6 is 0 Å². The van der Waals surface area contributed by atoms with Gasteiger partial charge >= 0.3 is 0 Å². The molecule has 0 aliphatic carbocycles. The highest BCUT2D eigenvalue weighted by atomic mass is 16.2. The lowest BCUT2D eigenvalue weighted by Gasteiger charge is -2.21. The van der Waals surface area contributed by atoms with Gasteiger partial charge in [0.1, 0.15) is 5.78 Å². The zero-order valence-electron chi connectivity index (χ0n) is 8.94. The van der Waals surface area contributed by atoms with Crippen LogP contribution in [0.4, 0.5) is 0 Å². The number of hydrogen-bond donors (Lipinski definition) is 1. The van der Waals surface area contributed by atoms with Crippen LogP contribution in [0.15, 0.2) is 0 Å². The maximum atomic E-state index is 11.5. The van der Waals surface area contributed by atoms with Crippen molar-refractivity contribution in [2.45, 2.75) is 40.5 Å². The van der Waals surface area contributed by atoms with Gasteiger partial charge in [0.25, 0.3) is 0 Å². The van der Waals surface area contributed by atoms with E-state index in [1.165, 1.54) is 6.92 Å². The van der Waals surface area contributed by atoms with Gasteiger partial charge in [0.05, 0.1) is 5.41 Å². The minimum atomic E-state index is -0.568. The minimum absolute atomic E-state index is 0.0375. The zero-order chi connectivity index (χ0) is 10.5. The molecule has 0 aliphatic rings. The molecule has 0 fully saturated rings. The smallest absolute Gasteiger partial charge is 0.226 e. The average molecular weight is 185 g/mol. The van der Waals surface area contributed by atoms with Crippen LogP contribution in [0.2, 0.25) is 0 Å². The summed E-state index contributed by atoms with van der Waals surface area (Å²) >= 11 is 0. The van der Waals surface area contributed by atoms with E-state index in [1.54, 1.807) is 13.8 Å². The van der Waals surface area contributed by atoms with Crippen molar-refractivity contribution >= 4 is 11.7 Å². The first-order chi connectivity index (χ1) is 5.90. The minimum Gasteiger partial charge on any atom is -0.356 e. The highest BCUT2D eigenvalue weighted by Gasteiger charge is 2.28. The molecule has 0 rings (SSSR count). The van der Waals surface area contributed by atoms with Gasteiger partial charge < -0.3 is 5.32 Å². The number of ketones is 1. The second-order valence-electron chi connectivity index (χ2n) is 4.02. The molecular weight excluding hydrogens is 166 g/mol. The van der Waals surface area contributed by atoms with E-state index >= 15 is 0 Å². The average Bonchev–Trinajstić information content (AvgIpc) is 1.97. The fourth-order valence-electron chi connectivity index (χ4n) is 1.18. The van der Waals surface area contributed by atoms with E-state index in [2.05, 4.69) is 5.32 Å². The summed E-state index contributed by atoms with van der Waals surface area (Å²) in [5.74, 6) is 0.0150. The fraction of sp³-hybridized carbons (Fsp3) is 0.800. The van der Waals surface area contributed by atoms with Crippen molar-refractivity contribution in [1.82, 2.24) is 5.32 Å². The molecule has 0 radical (unpaired) electrons. The summed E-state index contributed by atoms with van der Waals surface area (Å²) in [6.07, 6.45) is 1.23. The highest BCUT2D eigenvalue weighted by molar-refractivity contribution is 5.88. The topological polar surface area (TPSA) is 46.2 Å². The van der Waals surface area contributed by atoms with Gasteiger partial charge in [0.2, 0.25) is 5.91 Å². The molecule has 0 unspecified atom stereocenters. The van der Waals surface area contributed by atoms with Crippen molar-refractivity contribution in [3.05, 3.63) is 0 Å². The second-order valence-corrected chi connectivity index (χ2v) is 4.02. The van der Waals surface area contributed by atoms with Gasteiger partial charge in [0, 0.05) is 13.0 Å². The number of carbonyl (C=O) groups is 2. The van der Waals surface area contributed by atoms with Crippen LogP contribution in [0, 0.1) is 5.41 Å². The Labute approximate surface area is 79.9 Å². The van der Waals surface area contributed by atoms with E-state index < -0.39 is 5.41 Å². The first-order valence-corrected chi connectivity index (χ1v) is 4.68. The predicted octanol–water partition coefficient (Wildman–Crippen LogP) is 1.52. The number of rotatable bonds is 5. The lowest BCUT2D eigenvalue weighted by atomic mass is 9.86. The third-order valence-corrected chi connectivity index (χ3v) is 1.84. The highest BCUT2D eigenvalue weighted by Crippen LogP contribution is 2.20. The van der Waals surface area contributed by atoms with E-state index in [0.717, 1.165) is 6.42 Å². The standard InChI is InChI=1S/C10H19NO2/c1-5-6-11-9(13)10(3,4)7-8(2)12/h5-7H2,1-4H3,(H,11,13). The van der Waals surface area contributed by atoms with Crippen molar-refractivity contribution < 1.29 is 9.59 Å². The molecule has 0 bridgehead atoms. The Balaban J connectivity index is 4.10. The molecular formula is C10H19NO2. The number of Topliss-reactive ketones (excluding diaryl/α,β-unsaturated/α-hetero) is 1. The summed E-state index contributed by atoms with van der Waals surface area (Å²) in [4.78, 5) is 22.4. The van der Waals surface area contributed by atoms with Gasteiger partial charge in [-0.1, -0.05) is 20.8 Å². The maximum Gasteiger partial charge on any atom is 0.226 e. The number of carbonyl (C=O) groups excluding carboxylic acids is 2. The van der Waals surface area contributed by atoms with E-state index in [0.29, 0.717) is 13.0 Å². The predicted molar refractivity (Wildman–Crippen MR) is 52.4 cm³/mol. The maximum absolute atomic E-state index is 11.5. The number of hydrogen-bond acceptors (Lipinski definition) is 2. The number of amides is 1. The van der Waals surface area contributed by atoms with E-state index in [4.69, 9.17) is 0 Å². The molecule has 0 aromatic carbocycles. The second kappa shape index (κ2) is 5.00. The molecule has 3 nitrogen and oxygen atoms in total.